The minimum Gasteiger partial charge on any atom is -0.462 e. The van der Waals surface area contributed by atoms with Gasteiger partial charge in [0.25, 0.3) is 0 Å². The number of nitrogens with one attached hydrogen (secondary N) is 2. The highest BCUT2D eigenvalue weighted by molar-refractivity contribution is 7.99. The van der Waals surface area contributed by atoms with E-state index in [9.17, 15) is 19.5 Å². The zero-order chi connectivity index (χ0) is 22.1. The first-order chi connectivity index (χ1) is 14.3. The molecule has 0 saturated heterocycles. The summed E-state index contributed by atoms with van der Waals surface area (Å²) >= 11 is 1.16. The molecule has 2 rings (SSSR count). The highest BCUT2D eigenvalue weighted by Gasteiger charge is 2.15. The number of hydrogen-bond acceptors (Lipinski definition) is 7. The summed E-state index contributed by atoms with van der Waals surface area (Å²) < 4.78 is 6.51. The van der Waals surface area contributed by atoms with Crippen molar-refractivity contribution in [3.05, 3.63) is 41.7 Å². The van der Waals surface area contributed by atoms with Gasteiger partial charge in [-0.3, -0.25) is 9.59 Å². The maximum Gasteiger partial charge on any atom is 0.338 e. The van der Waals surface area contributed by atoms with Crippen molar-refractivity contribution in [3.63, 3.8) is 0 Å². The standard InChI is InChI=1S/C20H26N4O5S/c1-4-29-19(28)14-5-7-15(8-6-14)23-18(27)12-30-20-21-9-16(11-25)24(20)10-17(26)22-13(2)3/h5-9,13,25H,4,10-12H2,1-3H3,(H,22,26)(H,23,27). The number of imidazole rings is 1. The number of esters is 1. The molecule has 10 heteroatoms. The van der Waals surface area contributed by atoms with Crippen LogP contribution in [0.3, 0.4) is 0 Å². The van der Waals surface area contributed by atoms with Crippen molar-refractivity contribution in [1.82, 2.24) is 14.9 Å². The van der Waals surface area contributed by atoms with Crippen LogP contribution in [0, 0.1) is 0 Å². The molecule has 0 fully saturated rings. The lowest BCUT2D eigenvalue weighted by Gasteiger charge is -2.13. The van der Waals surface area contributed by atoms with Gasteiger partial charge in [0.15, 0.2) is 5.16 Å². The first-order valence-electron chi connectivity index (χ1n) is 9.48. The largest absolute Gasteiger partial charge is 0.462 e. The van der Waals surface area contributed by atoms with Crippen molar-refractivity contribution >= 4 is 35.2 Å². The fraction of sp³-hybridized carbons (Fsp3) is 0.400. The molecule has 162 valence electrons. The second-order valence-electron chi connectivity index (χ2n) is 6.63. The molecule has 1 aromatic heterocycles. The molecule has 2 amide bonds. The molecule has 1 aromatic carbocycles. The van der Waals surface area contributed by atoms with Crippen LogP contribution in [0.2, 0.25) is 0 Å². The number of hydrogen-bond donors (Lipinski definition) is 3. The van der Waals surface area contributed by atoms with Gasteiger partial charge < -0.3 is 25.0 Å². The van der Waals surface area contributed by atoms with Crippen molar-refractivity contribution < 1.29 is 24.2 Å². The van der Waals surface area contributed by atoms with Crippen molar-refractivity contribution in [2.75, 3.05) is 17.7 Å². The predicted molar refractivity (Wildman–Crippen MR) is 113 cm³/mol. The van der Waals surface area contributed by atoms with Gasteiger partial charge >= 0.3 is 5.97 Å². The number of rotatable bonds is 10. The van der Waals surface area contributed by atoms with E-state index in [1.165, 1.54) is 6.20 Å². The van der Waals surface area contributed by atoms with Crippen molar-refractivity contribution in [2.24, 2.45) is 0 Å². The van der Waals surface area contributed by atoms with Crippen molar-refractivity contribution in [3.8, 4) is 0 Å². The number of benzene rings is 1. The van der Waals surface area contributed by atoms with Crippen LogP contribution in [0.5, 0.6) is 0 Å². The van der Waals surface area contributed by atoms with E-state index in [1.807, 2.05) is 13.8 Å². The molecule has 0 unspecified atom stereocenters. The molecule has 0 bridgehead atoms. The van der Waals surface area contributed by atoms with Gasteiger partial charge in [0.2, 0.25) is 11.8 Å². The van der Waals surface area contributed by atoms with E-state index >= 15 is 0 Å². The number of aliphatic hydroxyl groups excluding tert-OH is 1. The summed E-state index contributed by atoms with van der Waals surface area (Å²) in [6.07, 6.45) is 1.48. The number of nitrogens with zero attached hydrogens (tertiary/aromatic N) is 2. The topological polar surface area (TPSA) is 123 Å². The molecule has 0 saturated carbocycles. The van der Waals surface area contributed by atoms with Gasteiger partial charge in [-0.15, -0.1) is 0 Å². The third kappa shape index (κ3) is 6.89. The maximum absolute atomic E-state index is 12.3. The lowest BCUT2D eigenvalue weighted by Crippen LogP contribution is -2.33. The van der Waals surface area contributed by atoms with Crippen LogP contribution < -0.4 is 10.6 Å². The molecule has 0 aliphatic rings. The molecule has 1 heterocycles. The van der Waals surface area contributed by atoms with Crippen LogP contribution in [0.25, 0.3) is 0 Å². The molecular formula is C20H26N4O5S. The number of carbonyl (C=O) groups excluding carboxylic acids is 3. The van der Waals surface area contributed by atoms with Gasteiger partial charge in [-0.25, -0.2) is 9.78 Å². The lowest BCUT2D eigenvalue weighted by molar-refractivity contribution is -0.122. The molecule has 3 N–H and O–H groups in total. The quantitative estimate of drug-likeness (QED) is 0.385. The summed E-state index contributed by atoms with van der Waals surface area (Å²) in [4.78, 5) is 40.2. The average molecular weight is 435 g/mol. The fourth-order valence-electron chi connectivity index (χ4n) is 2.54. The average Bonchev–Trinajstić information content (AvgIpc) is 3.08. The van der Waals surface area contributed by atoms with E-state index < -0.39 is 5.97 Å². The van der Waals surface area contributed by atoms with Crippen molar-refractivity contribution in [2.45, 2.75) is 45.1 Å². The Kier molecular flexibility index (Phi) is 8.88. The third-order valence-electron chi connectivity index (χ3n) is 3.83. The van der Waals surface area contributed by atoms with E-state index in [0.717, 1.165) is 11.8 Å². The molecule has 9 nitrogen and oxygen atoms in total. The summed E-state index contributed by atoms with van der Waals surface area (Å²) in [5.74, 6) is -0.826. The zero-order valence-electron chi connectivity index (χ0n) is 17.2. The third-order valence-corrected chi connectivity index (χ3v) is 4.82. The highest BCUT2D eigenvalue weighted by atomic mass is 32.2. The second kappa shape index (κ2) is 11.4. The molecule has 0 spiro atoms. The molecule has 0 aliphatic carbocycles. The van der Waals surface area contributed by atoms with E-state index in [0.29, 0.717) is 28.7 Å². The normalized spacial score (nSPS) is 10.7. The zero-order valence-corrected chi connectivity index (χ0v) is 18.0. The number of thioether (sulfide) groups is 1. The second-order valence-corrected chi connectivity index (χ2v) is 7.58. The Balaban J connectivity index is 1.95. The number of carbonyl (C=O) groups is 3. The van der Waals surface area contributed by atoms with Crippen molar-refractivity contribution in [1.29, 1.82) is 0 Å². The predicted octanol–water partition coefficient (Wildman–Crippen LogP) is 1.81. The summed E-state index contributed by atoms with van der Waals surface area (Å²) in [6.45, 7) is 5.49. The Morgan fingerprint density at radius 3 is 2.50 bits per heavy atom. The Hall–Kier alpha value is -2.85. The fourth-order valence-corrected chi connectivity index (χ4v) is 3.34. The van der Waals surface area contributed by atoms with Crippen LogP contribution in [-0.4, -0.2) is 50.8 Å². The van der Waals surface area contributed by atoms with Crippen LogP contribution >= 0.6 is 11.8 Å². The molecule has 0 radical (unpaired) electrons. The molecular weight excluding hydrogens is 408 g/mol. The Morgan fingerprint density at radius 1 is 1.20 bits per heavy atom. The monoisotopic (exact) mass is 434 g/mol. The van der Waals surface area contributed by atoms with E-state index in [-0.39, 0.29) is 36.8 Å². The summed E-state index contributed by atoms with van der Waals surface area (Å²) in [6, 6.07) is 6.39. The van der Waals surface area contributed by atoms with Gasteiger partial charge in [-0.1, -0.05) is 11.8 Å². The lowest BCUT2D eigenvalue weighted by atomic mass is 10.2. The van der Waals surface area contributed by atoms with Gasteiger partial charge in [0.1, 0.15) is 6.54 Å². The summed E-state index contributed by atoms with van der Waals surface area (Å²) in [5.41, 5.74) is 1.44. The van der Waals surface area contributed by atoms with E-state index in [1.54, 1.807) is 35.8 Å². The SMILES string of the molecule is CCOC(=O)c1ccc(NC(=O)CSc2ncc(CO)n2CC(=O)NC(C)C)cc1. The van der Waals surface area contributed by atoms with Gasteiger partial charge in [0, 0.05) is 11.7 Å². The van der Waals surface area contributed by atoms with Crippen LogP contribution in [0.15, 0.2) is 35.6 Å². The number of amides is 2. The highest BCUT2D eigenvalue weighted by Crippen LogP contribution is 2.19. The number of ether oxygens (including phenoxy) is 1. The van der Waals surface area contributed by atoms with Gasteiger partial charge in [-0.2, -0.15) is 0 Å². The smallest absolute Gasteiger partial charge is 0.338 e. The van der Waals surface area contributed by atoms with Crippen LogP contribution in [0.1, 0.15) is 36.8 Å². The maximum atomic E-state index is 12.3. The first-order valence-corrected chi connectivity index (χ1v) is 10.5. The Labute approximate surface area is 179 Å². The van der Waals surface area contributed by atoms with Crippen LogP contribution in [0.4, 0.5) is 5.69 Å². The van der Waals surface area contributed by atoms with E-state index in [2.05, 4.69) is 15.6 Å². The molecule has 0 atom stereocenters. The summed E-state index contributed by atoms with van der Waals surface area (Å²) in [5, 5.41) is 15.5. The number of aromatic nitrogens is 2. The number of anilines is 1. The first kappa shape index (κ1) is 23.4. The molecule has 30 heavy (non-hydrogen) atoms. The minimum absolute atomic E-state index is 0.00399. The van der Waals surface area contributed by atoms with Crippen LogP contribution in [-0.2, 0) is 27.5 Å². The Bertz CT molecular complexity index is 880. The van der Waals surface area contributed by atoms with E-state index in [4.69, 9.17) is 4.74 Å². The van der Waals surface area contributed by atoms with Gasteiger partial charge in [-0.05, 0) is 45.0 Å². The Morgan fingerprint density at radius 2 is 1.90 bits per heavy atom. The summed E-state index contributed by atoms with van der Waals surface area (Å²) in [7, 11) is 0. The molecule has 0 aliphatic heterocycles. The molecule has 2 aromatic rings. The minimum atomic E-state index is -0.418. The number of aliphatic hydroxyl groups is 1. The van der Waals surface area contributed by atoms with Gasteiger partial charge in [0.05, 0.1) is 36.4 Å².